The van der Waals surface area contributed by atoms with E-state index in [1.165, 1.54) is 18.0 Å². The number of hydrogen-bond acceptors (Lipinski definition) is 4. The third-order valence-corrected chi connectivity index (χ3v) is 3.25. The Hall–Kier alpha value is -0.480. The first-order valence-corrected chi connectivity index (χ1v) is 5.60. The van der Waals surface area contributed by atoms with Crippen molar-refractivity contribution in [2.75, 3.05) is 0 Å². The van der Waals surface area contributed by atoms with Crippen molar-refractivity contribution in [1.82, 2.24) is 9.59 Å². The van der Waals surface area contributed by atoms with Gasteiger partial charge in [-0.1, -0.05) is 23.8 Å². The van der Waals surface area contributed by atoms with Crippen molar-refractivity contribution in [3.8, 4) is 0 Å². The molecule has 1 heterocycles. The molecular formula is C9H14N2OS. The van der Waals surface area contributed by atoms with E-state index in [4.69, 9.17) is 0 Å². The minimum atomic E-state index is -0.492. The maximum absolute atomic E-state index is 10.2. The molecule has 1 saturated carbocycles. The van der Waals surface area contributed by atoms with Gasteiger partial charge >= 0.3 is 0 Å². The lowest BCUT2D eigenvalue weighted by atomic mass is 9.82. The summed E-state index contributed by atoms with van der Waals surface area (Å²) in [6, 6.07) is 0. The van der Waals surface area contributed by atoms with Crippen molar-refractivity contribution in [2.45, 2.75) is 44.1 Å². The zero-order valence-corrected chi connectivity index (χ0v) is 8.39. The Balaban J connectivity index is 1.99. The van der Waals surface area contributed by atoms with Gasteiger partial charge in [0, 0.05) is 11.8 Å². The predicted octanol–water partition coefficient (Wildman–Crippen LogP) is 1.78. The third kappa shape index (κ3) is 2.25. The van der Waals surface area contributed by atoms with Crippen LogP contribution in [0.2, 0.25) is 0 Å². The summed E-state index contributed by atoms with van der Waals surface area (Å²) in [6.07, 6.45) is 6.08. The second-order valence-corrected chi connectivity index (χ2v) is 4.47. The number of aliphatic hydroxyl groups is 1. The molecule has 0 amide bonds. The second kappa shape index (κ2) is 3.72. The first-order valence-electron chi connectivity index (χ1n) is 4.77. The van der Waals surface area contributed by atoms with Crippen molar-refractivity contribution in [2.24, 2.45) is 0 Å². The summed E-state index contributed by atoms with van der Waals surface area (Å²) in [6.45, 7) is 0. The van der Waals surface area contributed by atoms with Gasteiger partial charge in [-0.2, -0.15) is 0 Å². The van der Waals surface area contributed by atoms with Crippen LogP contribution < -0.4 is 0 Å². The molecule has 1 aromatic rings. The van der Waals surface area contributed by atoms with Crippen LogP contribution >= 0.6 is 11.5 Å². The van der Waals surface area contributed by atoms with E-state index in [0.717, 1.165) is 31.4 Å². The highest BCUT2D eigenvalue weighted by Crippen LogP contribution is 2.30. The molecule has 0 unspecified atom stereocenters. The van der Waals surface area contributed by atoms with E-state index < -0.39 is 5.60 Å². The van der Waals surface area contributed by atoms with Crippen LogP contribution in [0.1, 0.15) is 37.8 Å². The molecule has 1 aliphatic carbocycles. The molecule has 0 bridgehead atoms. The van der Waals surface area contributed by atoms with Crippen LogP contribution in [0.3, 0.4) is 0 Å². The lowest BCUT2D eigenvalue weighted by molar-refractivity contribution is 0.00367. The average Bonchev–Trinajstić information content (AvgIpc) is 2.57. The van der Waals surface area contributed by atoms with Crippen LogP contribution in [0.5, 0.6) is 0 Å². The molecule has 0 aliphatic heterocycles. The fourth-order valence-corrected chi connectivity index (χ4v) is 2.44. The molecule has 0 saturated heterocycles. The molecule has 13 heavy (non-hydrogen) atoms. The van der Waals surface area contributed by atoms with E-state index in [9.17, 15) is 5.11 Å². The van der Waals surface area contributed by atoms with E-state index in [-0.39, 0.29) is 0 Å². The van der Waals surface area contributed by atoms with Crippen molar-refractivity contribution in [1.29, 1.82) is 0 Å². The zero-order chi connectivity index (χ0) is 9.15. The molecule has 1 fully saturated rings. The first-order chi connectivity index (χ1) is 6.29. The van der Waals surface area contributed by atoms with Crippen LogP contribution in [0.4, 0.5) is 0 Å². The highest BCUT2D eigenvalue weighted by molar-refractivity contribution is 7.03. The number of rotatable bonds is 2. The van der Waals surface area contributed by atoms with Gasteiger partial charge in [0.25, 0.3) is 0 Å². The standard InChI is InChI=1S/C9H14N2OS/c12-9(4-2-1-3-5-9)6-8-7-13-11-10-8/h7,12H,1-6H2. The molecule has 0 atom stereocenters. The van der Waals surface area contributed by atoms with Crippen LogP contribution in [-0.4, -0.2) is 20.3 Å². The maximum atomic E-state index is 10.2. The number of hydrogen-bond donors (Lipinski definition) is 1. The predicted molar refractivity (Wildman–Crippen MR) is 51.6 cm³/mol. The summed E-state index contributed by atoms with van der Waals surface area (Å²) >= 11 is 1.35. The Morgan fingerprint density at radius 3 is 2.77 bits per heavy atom. The molecular weight excluding hydrogens is 184 g/mol. The van der Waals surface area contributed by atoms with Gasteiger partial charge in [-0.3, -0.25) is 0 Å². The normalized spacial score (nSPS) is 21.6. The molecule has 72 valence electrons. The highest BCUT2D eigenvalue weighted by atomic mass is 32.1. The average molecular weight is 198 g/mol. The van der Waals surface area contributed by atoms with Gasteiger partial charge in [-0.05, 0) is 24.4 Å². The largest absolute Gasteiger partial charge is 0.389 e. The summed E-state index contributed by atoms with van der Waals surface area (Å²) < 4.78 is 3.80. The summed E-state index contributed by atoms with van der Waals surface area (Å²) in [7, 11) is 0. The first kappa shape index (κ1) is 9.09. The summed E-state index contributed by atoms with van der Waals surface area (Å²) in [5.74, 6) is 0. The van der Waals surface area contributed by atoms with E-state index in [1.807, 2.05) is 5.38 Å². The van der Waals surface area contributed by atoms with Crippen molar-refractivity contribution < 1.29 is 5.11 Å². The second-order valence-electron chi connectivity index (χ2n) is 3.86. The zero-order valence-electron chi connectivity index (χ0n) is 7.57. The fourth-order valence-electron chi connectivity index (χ4n) is 1.98. The van der Waals surface area contributed by atoms with Gasteiger partial charge in [0.1, 0.15) is 0 Å². The van der Waals surface area contributed by atoms with Gasteiger partial charge in [0.15, 0.2) is 0 Å². The molecule has 4 heteroatoms. The van der Waals surface area contributed by atoms with Gasteiger partial charge in [0.2, 0.25) is 0 Å². The van der Waals surface area contributed by atoms with E-state index >= 15 is 0 Å². The molecule has 1 N–H and O–H groups in total. The lowest BCUT2D eigenvalue weighted by Crippen LogP contribution is -2.33. The molecule has 1 aromatic heterocycles. The maximum Gasteiger partial charge on any atom is 0.0784 e. The van der Waals surface area contributed by atoms with Gasteiger partial charge in [-0.15, -0.1) is 5.10 Å². The highest BCUT2D eigenvalue weighted by Gasteiger charge is 2.29. The van der Waals surface area contributed by atoms with E-state index in [0.29, 0.717) is 6.42 Å². The minimum Gasteiger partial charge on any atom is -0.389 e. The molecule has 0 aromatic carbocycles. The van der Waals surface area contributed by atoms with Crippen LogP contribution in [0.15, 0.2) is 5.38 Å². The molecule has 0 radical (unpaired) electrons. The topological polar surface area (TPSA) is 46.0 Å². The van der Waals surface area contributed by atoms with Crippen LogP contribution in [-0.2, 0) is 6.42 Å². The SMILES string of the molecule is OC1(Cc2csnn2)CCCCC1. The lowest BCUT2D eigenvalue weighted by Gasteiger charge is -2.31. The Labute approximate surface area is 82.0 Å². The monoisotopic (exact) mass is 198 g/mol. The van der Waals surface area contributed by atoms with Crippen molar-refractivity contribution in [3.63, 3.8) is 0 Å². The quantitative estimate of drug-likeness (QED) is 0.788. The summed E-state index contributed by atoms with van der Waals surface area (Å²) in [4.78, 5) is 0. The third-order valence-electron chi connectivity index (χ3n) is 2.70. The molecule has 3 nitrogen and oxygen atoms in total. The molecule has 2 rings (SSSR count). The van der Waals surface area contributed by atoms with Crippen LogP contribution in [0.25, 0.3) is 0 Å². The van der Waals surface area contributed by atoms with Gasteiger partial charge in [-0.25, -0.2) is 0 Å². The fraction of sp³-hybridized carbons (Fsp3) is 0.778. The molecule has 1 aliphatic rings. The summed E-state index contributed by atoms with van der Waals surface area (Å²) in [5.41, 5.74) is 0.447. The van der Waals surface area contributed by atoms with Gasteiger partial charge in [0.05, 0.1) is 11.3 Å². The smallest absolute Gasteiger partial charge is 0.0784 e. The Kier molecular flexibility index (Phi) is 2.60. The summed E-state index contributed by atoms with van der Waals surface area (Å²) in [5, 5.41) is 16.1. The number of aromatic nitrogens is 2. The Morgan fingerprint density at radius 2 is 2.15 bits per heavy atom. The minimum absolute atomic E-state index is 0.492. The van der Waals surface area contributed by atoms with Crippen molar-refractivity contribution >= 4 is 11.5 Å². The van der Waals surface area contributed by atoms with E-state index in [2.05, 4.69) is 9.59 Å². The Bertz CT molecular complexity index is 255. The van der Waals surface area contributed by atoms with Crippen molar-refractivity contribution in [3.05, 3.63) is 11.1 Å². The number of nitrogens with zero attached hydrogens (tertiary/aromatic N) is 2. The Morgan fingerprint density at radius 1 is 1.38 bits per heavy atom. The van der Waals surface area contributed by atoms with Crippen LogP contribution in [0, 0.1) is 0 Å². The van der Waals surface area contributed by atoms with Gasteiger partial charge < -0.3 is 5.11 Å². The van der Waals surface area contributed by atoms with E-state index in [1.54, 1.807) is 0 Å². The molecule has 0 spiro atoms.